The number of hydrogen-bond donors (Lipinski definition) is 1. The third-order valence-corrected chi connectivity index (χ3v) is 3.59. The maximum absolute atomic E-state index is 14.2. The fraction of sp³-hybridized carbons (Fsp3) is 0.118. The highest BCUT2D eigenvalue weighted by Gasteiger charge is 2.16. The molecule has 0 bridgehead atoms. The molecule has 0 amide bonds. The number of halogens is 3. The average molecular weight is 334 g/mol. The van der Waals surface area contributed by atoms with Gasteiger partial charge in [0.2, 0.25) is 0 Å². The molecule has 0 saturated carbocycles. The molecule has 0 atom stereocenters. The van der Waals surface area contributed by atoms with Crippen molar-refractivity contribution in [1.82, 2.24) is 4.98 Å². The van der Waals surface area contributed by atoms with Gasteiger partial charge in [-0.1, -0.05) is 0 Å². The first-order valence-electron chi connectivity index (χ1n) is 6.97. The molecule has 0 saturated heterocycles. The summed E-state index contributed by atoms with van der Waals surface area (Å²) in [5.74, 6) is -2.45. The molecular formula is C17H13F3N2O2. The van der Waals surface area contributed by atoms with Crippen LogP contribution in [0.2, 0.25) is 0 Å². The van der Waals surface area contributed by atoms with Crippen LogP contribution < -0.4 is 15.2 Å². The molecule has 0 fully saturated rings. The zero-order chi connectivity index (χ0) is 17.3. The Kier molecular flexibility index (Phi) is 4.16. The van der Waals surface area contributed by atoms with Crippen molar-refractivity contribution in [3.05, 3.63) is 59.7 Å². The summed E-state index contributed by atoms with van der Waals surface area (Å²) in [5, 5.41) is 0.915. The van der Waals surface area contributed by atoms with E-state index in [9.17, 15) is 13.2 Å². The number of fused-ring (bicyclic) bond motifs is 1. The topological polar surface area (TPSA) is 57.4 Å². The summed E-state index contributed by atoms with van der Waals surface area (Å²) in [6.07, 6.45) is 2.90. The normalized spacial score (nSPS) is 10.8. The van der Waals surface area contributed by atoms with Crippen molar-refractivity contribution in [3.63, 3.8) is 0 Å². The first-order valence-corrected chi connectivity index (χ1v) is 6.97. The molecule has 3 aromatic rings. The van der Waals surface area contributed by atoms with E-state index in [1.54, 1.807) is 6.07 Å². The molecule has 7 heteroatoms. The number of methoxy groups -OCH3 is 1. The fourth-order valence-corrected chi connectivity index (χ4v) is 2.36. The van der Waals surface area contributed by atoms with Crippen LogP contribution in [0.5, 0.6) is 11.5 Å². The van der Waals surface area contributed by atoms with E-state index >= 15 is 0 Å². The molecule has 0 unspecified atom stereocenters. The van der Waals surface area contributed by atoms with Gasteiger partial charge in [-0.3, -0.25) is 4.98 Å². The van der Waals surface area contributed by atoms with Gasteiger partial charge in [0.25, 0.3) is 0 Å². The largest absolute Gasteiger partial charge is 0.493 e. The predicted molar refractivity (Wildman–Crippen MR) is 83.4 cm³/mol. The van der Waals surface area contributed by atoms with Gasteiger partial charge in [-0.15, -0.1) is 0 Å². The molecule has 0 aliphatic carbocycles. The van der Waals surface area contributed by atoms with Crippen LogP contribution in [0.3, 0.4) is 0 Å². The Balaban J connectivity index is 2.00. The van der Waals surface area contributed by atoms with Gasteiger partial charge in [-0.05, 0) is 17.5 Å². The van der Waals surface area contributed by atoms with Crippen molar-refractivity contribution in [1.29, 1.82) is 0 Å². The van der Waals surface area contributed by atoms with E-state index in [0.717, 1.165) is 12.1 Å². The number of rotatable bonds is 4. The number of pyridine rings is 1. The number of ether oxygens (including phenoxy) is 2. The Bertz CT molecular complexity index is 916. The zero-order valence-corrected chi connectivity index (χ0v) is 12.6. The summed E-state index contributed by atoms with van der Waals surface area (Å²) < 4.78 is 51.9. The molecule has 1 aromatic heterocycles. The third-order valence-electron chi connectivity index (χ3n) is 3.59. The highest BCUT2D eigenvalue weighted by Crippen LogP contribution is 2.33. The van der Waals surface area contributed by atoms with E-state index in [1.165, 1.54) is 25.6 Å². The second-order valence-electron chi connectivity index (χ2n) is 5.06. The second-order valence-corrected chi connectivity index (χ2v) is 5.06. The molecule has 0 radical (unpaired) electrons. The quantitative estimate of drug-likeness (QED) is 0.737. The Morgan fingerprint density at radius 1 is 1.08 bits per heavy atom. The van der Waals surface area contributed by atoms with Crippen LogP contribution >= 0.6 is 0 Å². The van der Waals surface area contributed by atoms with Crippen LogP contribution in [-0.4, -0.2) is 12.1 Å². The van der Waals surface area contributed by atoms with Gasteiger partial charge < -0.3 is 15.2 Å². The van der Waals surface area contributed by atoms with Crippen LogP contribution in [0.4, 0.5) is 18.9 Å². The van der Waals surface area contributed by atoms with Gasteiger partial charge in [0.05, 0.1) is 12.8 Å². The smallest absolute Gasteiger partial charge is 0.166 e. The molecule has 4 nitrogen and oxygen atoms in total. The minimum atomic E-state index is -1.02. The summed E-state index contributed by atoms with van der Waals surface area (Å²) in [5.41, 5.74) is 5.36. The summed E-state index contributed by atoms with van der Waals surface area (Å²) >= 11 is 0. The Labute approximate surface area is 135 Å². The maximum Gasteiger partial charge on any atom is 0.166 e. The lowest BCUT2D eigenvalue weighted by Gasteiger charge is -2.14. The molecule has 0 spiro atoms. The SMILES string of the molecule is COc1cc(F)c(N)cc1OCc1c(F)c(F)cc2ccncc12. The number of aromatic nitrogens is 1. The summed E-state index contributed by atoms with van der Waals surface area (Å²) in [6, 6.07) is 4.95. The van der Waals surface area contributed by atoms with Crippen LogP contribution in [0.15, 0.2) is 36.7 Å². The van der Waals surface area contributed by atoms with Crippen molar-refractivity contribution in [2.75, 3.05) is 12.8 Å². The number of hydrogen-bond acceptors (Lipinski definition) is 4. The Morgan fingerprint density at radius 3 is 2.62 bits per heavy atom. The van der Waals surface area contributed by atoms with Crippen LogP contribution in [0.1, 0.15) is 5.56 Å². The van der Waals surface area contributed by atoms with E-state index in [-0.39, 0.29) is 29.4 Å². The zero-order valence-electron chi connectivity index (χ0n) is 12.6. The lowest BCUT2D eigenvalue weighted by Crippen LogP contribution is -2.04. The van der Waals surface area contributed by atoms with Crippen LogP contribution in [-0.2, 0) is 6.61 Å². The van der Waals surface area contributed by atoms with Gasteiger partial charge in [0.15, 0.2) is 23.1 Å². The molecule has 2 N–H and O–H groups in total. The lowest BCUT2D eigenvalue weighted by molar-refractivity contribution is 0.278. The number of anilines is 1. The number of nitrogen functional groups attached to an aromatic ring is 1. The van der Waals surface area contributed by atoms with E-state index in [2.05, 4.69) is 4.98 Å². The summed E-state index contributed by atoms with van der Waals surface area (Å²) in [4.78, 5) is 3.92. The van der Waals surface area contributed by atoms with E-state index < -0.39 is 17.5 Å². The van der Waals surface area contributed by atoms with Crippen molar-refractivity contribution in [2.24, 2.45) is 0 Å². The Hall–Kier alpha value is -2.96. The summed E-state index contributed by atoms with van der Waals surface area (Å²) in [7, 11) is 1.33. The molecule has 0 aliphatic heterocycles. The molecular weight excluding hydrogens is 321 g/mol. The second kappa shape index (κ2) is 6.27. The highest BCUT2D eigenvalue weighted by molar-refractivity contribution is 5.85. The first kappa shape index (κ1) is 15.9. The minimum Gasteiger partial charge on any atom is -0.493 e. The number of nitrogens with zero attached hydrogens (tertiary/aromatic N) is 1. The standard InChI is InChI=1S/C17H13F3N2O2/c1-23-15-5-12(18)14(21)6-16(15)24-8-11-10-7-22-3-2-9(10)4-13(19)17(11)20/h2-7H,8,21H2,1H3. The number of nitrogens with two attached hydrogens (primary N) is 1. The minimum absolute atomic E-state index is 0.00282. The molecule has 2 aromatic carbocycles. The molecule has 1 heterocycles. The van der Waals surface area contributed by atoms with Gasteiger partial charge in [-0.2, -0.15) is 0 Å². The van der Waals surface area contributed by atoms with Crippen molar-refractivity contribution in [3.8, 4) is 11.5 Å². The first-order chi connectivity index (χ1) is 11.5. The molecule has 24 heavy (non-hydrogen) atoms. The average Bonchev–Trinajstić information content (AvgIpc) is 2.58. The van der Waals surface area contributed by atoms with E-state index in [4.69, 9.17) is 15.2 Å². The predicted octanol–water partition coefficient (Wildman–Crippen LogP) is 3.82. The summed E-state index contributed by atoms with van der Waals surface area (Å²) in [6.45, 7) is -0.298. The van der Waals surface area contributed by atoms with Crippen LogP contribution in [0.25, 0.3) is 10.8 Å². The van der Waals surface area contributed by atoms with Gasteiger partial charge in [0.1, 0.15) is 12.4 Å². The molecule has 3 rings (SSSR count). The molecule has 124 valence electrons. The maximum atomic E-state index is 14.2. The van der Waals surface area contributed by atoms with Gasteiger partial charge in [0, 0.05) is 35.5 Å². The van der Waals surface area contributed by atoms with E-state index in [0.29, 0.717) is 10.8 Å². The van der Waals surface area contributed by atoms with Crippen molar-refractivity contribution < 1.29 is 22.6 Å². The number of benzene rings is 2. The highest BCUT2D eigenvalue weighted by atomic mass is 19.2. The Morgan fingerprint density at radius 2 is 1.88 bits per heavy atom. The molecule has 0 aliphatic rings. The monoisotopic (exact) mass is 334 g/mol. The van der Waals surface area contributed by atoms with E-state index in [1.807, 2.05) is 0 Å². The van der Waals surface area contributed by atoms with Crippen molar-refractivity contribution >= 4 is 16.5 Å². The van der Waals surface area contributed by atoms with Crippen molar-refractivity contribution in [2.45, 2.75) is 6.61 Å². The fourth-order valence-electron chi connectivity index (χ4n) is 2.36. The third kappa shape index (κ3) is 2.80. The van der Waals surface area contributed by atoms with Gasteiger partial charge in [-0.25, -0.2) is 13.2 Å². The lowest BCUT2D eigenvalue weighted by atomic mass is 10.1. The van der Waals surface area contributed by atoms with Crippen LogP contribution in [0, 0.1) is 17.5 Å². The van der Waals surface area contributed by atoms with Gasteiger partial charge >= 0.3 is 0 Å².